The zero-order valence-corrected chi connectivity index (χ0v) is 15.7. The van der Waals surface area contributed by atoms with Crippen LogP contribution in [0.15, 0.2) is 52.3 Å². The van der Waals surface area contributed by atoms with Gasteiger partial charge in [-0.25, -0.2) is 13.1 Å². The number of aryl methyl sites for hydroxylation is 1. The van der Waals surface area contributed by atoms with Crippen molar-refractivity contribution < 1.29 is 13.2 Å². The Kier molecular flexibility index (Phi) is 5.17. The van der Waals surface area contributed by atoms with Crippen LogP contribution >= 0.6 is 11.8 Å². The molecule has 0 saturated carbocycles. The van der Waals surface area contributed by atoms with Crippen LogP contribution in [0.1, 0.15) is 24.5 Å². The Hall–Kier alpha value is -1.83. The van der Waals surface area contributed by atoms with Gasteiger partial charge < -0.3 is 5.32 Å². The Morgan fingerprint density at radius 2 is 1.92 bits per heavy atom. The predicted molar refractivity (Wildman–Crippen MR) is 100 cm³/mol. The first-order valence-electron chi connectivity index (χ1n) is 7.99. The van der Waals surface area contributed by atoms with Gasteiger partial charge in [-0.15, -0.1) is 11.8 Å². The number of anilines is 1. The maximum Gasteiger partial charge on any atom is 0.240 e. The smallest absolute Gasteiger partial charge is 0.240 e. The number of fused-ring (bicyclic) bond motifs is 1. The fourth-order valence-electron chi connectivity index (χ4n) is 2.57. The first-order valence-corrected chi connectivity index (χ1v) is 10.4. The van der Waals surface area contributed by atoms with Gasteiger partial charge in [-0.2, -0.15) is 0 Å². The van der Waals surface area contributed by atoms with E-state index in [1.165, 1.54) is 6.07 Å². The maximum atomic E-state index is 12.6. The van der Waals surface area contributed by atoms with Crippen LogP contribution in [0.25, 0.3) is 0 Å². The number of hydrogen-bond acceptors (Lipinski definition) is 4. The first kappa shape index (κ1) is 18.0. The third-order valence-corrected chi connectivity index (χ3v) is 6.50. The molecule has 2 aromatic rings. The van der Waals surface area contributed by atoms with Crippen molar-refractivity contribution >= 4 is 33.4 Å². The van der Waals surface area contributed by atoms with Crippen LogP contribution in [0.4, 0.5) is 5.69 Å². The summed E-state index contributed by atoms with van der Waals surface area (Å²) < 4.78 is 27.7. The number of hydrogen-bond donors (Lipinski definition) is 2. The van der Waals surface area contributed by atoms with Gasteiger partial charge in [0.1, 0.15) is 0 Å². The predicted octanol–water partition coefficient (Wildman–Crippen LogP) is 3.30. The molecule has 1 atom stereocenters. The van der Waals surface area contributed by atoms with Crippen LogP contribution in [0.3, 0.4) is 0 Å². The molecule has 0 unspecified atom stereocenters. The van der Waals surface area contributed by atoms with E-state index in [1.807, 2.05) is 38.1 Å². The minimum atomic E-state index is -3.66. The van der Waals surface area contributed by atoms with Crippen molar-refractivity contribution in [1.82, 2.24) is 4.72 Å². The highest BCUT2D eigenvalue weighted by molar-refractivity contribution is 8.00. The van der Waals surface area contributed by atoms with Crippen LogP contribution in [0.2, 0.25) is 0 Å². The minimum Gasteiger partial charge on any atom is -0.325 e. The van der Waals surface area contributed by atoms with E-state index in [4.69, 9.17) is 0 Å². The highest BCUT2D eigenvalue weighted by Crippen LogP contribution is 2.36. The molecule has 0 saturated heterocycles. The lowest BCUT2D eigenvalue weighted by Gasteiger charge is -2.11. The fourth-order valence-corrected chi connectivity index (χ4v) is 4.66. The van der Waals surface area contributed by atoms with Crippen molar-refractivity contribution in [3.8, 4) is 0 Å². The van der Waals surface area contributed by atoms with E-state index in [2.05, 4.69) is 10.0 Å². The summed E-state index contributed by atoms with van der Waals surface area (Å²) in [5, 5.41) is 2.95. The molecule has 0 spiro atoms. The fraction of sp³-hybridized carbons (Fsp3) is 0.278. The van der Waals surface area contributed by atoms with Gasteiger partial charge in [0.2, 0.25) is 15.9 Å². The Morgan fingerprint density at radius 3 is 2.64 bits per heavy atom. The van der Waals surface area contributed by atoms with Crippen molar-refractivity contribution in [2.24, 2.45) is 0 Å². The number of carbonyl (C=O) groups is 1. The van der Waals surface area contributed by atoms with Gasteiger partial charge in [-0.05, 0) is 30.7 Å². The van der Waals surface area contributed by atoms with Gasteiger partial charge in [-0.1, -0.05) is 36.8 Å². The largest absolute Gasteiger partial charge is 0.325 e. The SMILES string of the molecule is Cc1ccc(CNS(=O)(=O)c2ccc3c(c2)NC(=O)C[C@H](C)S3)cc1. The highest BCUT2D eigenvalue weighted by atomic mass is 32.2. The number of benzene rings is 2. The van der Waals surface area contributed by atoms with Crippen LogP contribution < -0.4 is 10.0 Å². The third-order valence-electron chi connectivity index (χ3n) is 3.92. The van der Waals surface area contributed by atoms with Gasteiger partial charge in [0.05, 0.1) is 10.6 Å². The van der Waals surface area contributed by atoms with Crippen molar-refractivity contribution in [3.05, 3.63) is 53.6 Å². The lowest BCUT2D eigenvalue weighted by molar-refractivity contribution is -0.116. The quantitative estimate of drug-likeness (QED) is 0.859. The number of amides is 1. The van der Waals surface area contributed by atoms with Crippen LogP contribution in [-0.4, -0.2) is 19.6 Å². The van der Waals surface area contributed by atoms with Crippen molar-refractivity contribution in [2.45, 2.75) is 41.9 Å². The zero-order valence-electron chi connectivity index (χ0n) is 14.1. The average Bonchev–Trinajstić information content (AvgIpc) is 2.69. The zero-order chi connectivity index (χ0) is 18.0. The van der Waals surface area contributed by atoms with E-state index in [-0.39, 0.29) is 22.6 Å². The van der Waals surface area contributed by atoms with E-state index in [1.54, 1.807) is 23.9 Å². The van der Waals surface area contributed by atoms with Gasteiger partial charge in [0.25, 0.3) is 0 Å². The van der Waals surface area contributed by atoms with E-state index < -0.39 is 10.0 Å². The molecule has 0 bridgehead atoms. The molecule has 5 nitrogen and oxygen atoms in total. The molecule has 0 radical (unpaired) electrons. The second kappa shape index (κ2) is 7.19. The van der Waals surface area contributed by atoms with Gasteiger partial charge >= 0.3 is 0 Å². The number of carbonyl (C=O) groups excluding carboxylic acids is 1. The molecular formula is C18H20N2O3S2. The van der Waals surface area contributed by atoms with Gasteiger partial charge in [-0.3, -0.25) is 4.79 Å². The topological polar surface area (TPSA) is 75.3 Å². The molecule has 1 aliphatic rings. The molecule has 0 aliphatic carbocycles. The third kappa shape index (κ3) is 4.42. The molecule has 1 amide bonds. The van der Waals surface area contributed by atoms with Gasteiger partial charge in [0, 0.05) is 23.1 Å². The highest BCUT2D eigenvalue weighted by Gasteiger charge is 2.22. The molecule has 2 N–H and O–H groups in total. The van der Waals surface area contributed by atoms with Crippen molar-refractivity contribution in [1.29, 1.82) is 0 Å². The summed E-state index contributed by atoms with van der Waals surface area (Å²) in [6.07, 6.45) is 0.410. The number of thioether (sulfide) groups is 1. The standard InChI is InChI=1S/C18H20N2O3S2/c1-12-3-5-14(6-4-12)11-19-25(22,23)15-7-8-17-16(10-15)20-18(21)9-13(2)24-17/h3-8,10,13,19H,9,11H2,1-2H3,(H,20,21)/t13-/m0/s1. The average molecular weight is 377 g/mol. The Balaban J connectivity index is 1.80. The summed E-state index contributed by atoms with van der Waals surface area (Å²) in [6.45, 7) is 4.18. The molecule has 1 aliphatic heterocycles. The molecule has 25 heavy (non-hydrogen) atoms. The Bertz CT molecular complexity index is 893. The number of nitrogens with one attached hydrogen (secondary N) is 2. The molecule has 1 heterocycles. The molecular weight excluding hydrogens is 356 g/mol. The molecule has 7 heteroatoms. The number of sulfonamides is 1. The van der Waals surface area contributed by atoms with Gasteiger partial charge in [0.15, 0.2) is 0 Å². The maximum absolute atomic E-state index is 12.6. The van der Waals surface area contributed by atoms with Crippen LogP contribution in [0.5, 0.6) is 0 Å². The Morgan fingerprint density at radius 1 is 1.20 bits per heavy atom. The second-order valence-electron chi connectivity index (χ2n) is 6.15. The van der Waals surface area contributed by atoms with E-state index in [0.29, 0.717) is 12.1 Å². The molecule has 3 rings (SSSR count). The molecule has 0 aromatic heterocycles. The monoisotopic (exact) mass is 376 g/mol. The van der Waals surface area contributed by atoms with Crippen LogP contribution in [0, 0.1) is 6.92 Å². The van der Waals surface area contributed by atoms with E-state index in [0.717, 1.165) is 16.0 Å². The molecule has 132 valence electrons. The first-order chi connectivity index (χ1) is 11.8. The lowest BCUT2D eigenvalue weighted by Crippen LogP contribution is -2.23. The summed E-state index contributed by atoms with van der Waals surface area (Å²) in [7, 11) is -3.66. The minimum absolute atomic E-state index is 0.0964. The molecule has 2 aromatic carbocycles. The summed E-state index contributed by atoms with van der Waals surface area (Å²) in [4.78, 5) is 12.9. The summed E-state index contributed by atoms with van der Waals surface area (Å²) in [5.41, 5.74) is 2.57. The van der Waals surface area contributed by atoms with Crippen LogP contribution in [-0.2, 0) is 21.4 Å². The Labute approximate surface area is 152 Å². The summed E-state index contributed by atoms with van der Waals surface area (Å²) in [6, 6.07) is 12.5. The summed E-state index contributed by atoms with van der Waals surface area (Å²) in [5.74, 6) is -0.0964. The lowest BCUT2D eigenvalue weighted by atomic mass is 10.2. The van der Waals surface area contributed by atoms with Crippen molar-refractivity contribution in [3.63, 3.8) is 0 Å². The van der Waals surface area contributed by atoms with E-state index in [9.17, 15) is 13.2 Å². The molecule has 0 fully saturated rings. The van der Waals surface area contributed by atoms with Crippen molar-refractivity contribution in [2.75, 3.05) is 5.32 Å². The summed E-state index contributed by atoms with van der Waals surface area (Å²) >= 11 is 1.57. The number of rotatable bonds is 4. The van der Waals surface area contributed by atoms with E-state index >= 15 is 0 Å². The normalized spacial score (nSPS) is 17.5. The second-order valence-corrected chi connectivity index (χ2v) is 9.40.